The minimum absolute atomic E-state index is 0.838. The maximum absolute atomic E-state index is 5.52. The largest absolute Gasteiger partial charge is 0.378 e. The van der Waals surface area contributed by atoms with Gasteiger partial charge in [0.2, 0.25) is 0 Å². The number of pyridine rings is 1. The molecule has 3 nitrogen and oxygen atoms in total. The van der Waals surface area contributed by atoms with E-state index in [-0.39, 0.29) is 0 Å². The van der Waals surface area contributed by atoms with Crippen LogP contribution in [0.3, 0.4) is 0 Å². The van der Waals surface area contributed by atoms with Crippen LogP contribution in [-0.2, 0) is 17.6 Å². The Morgan fingerprint density at radius 1 is 1.15 bits per heavy atom. The third kappa shape index (κ3) is 1.88. The number of rotatable bonds is 1. The normalized spacial score (nSPS) is 18.6. The van der Waals surface area contributed by atoms with Crippen molar-refractivity contribution in [3.8, 4) is 0 Å². The van der Waals surface area contributed by atoms with Crippen molar-refractivity contribution in [3.05, 3.63) is 35.0 Å². The molecule has 0 atom stereocenters. The van der Waals surface area contributed by atoms with Crippen LogP contribution in [-0.4, -0.2) is 31.3 Å². The fourth-order valence-electron chi connectivity index (χ4n) is 3.50. The topological polar surface area (TPSA) is 25.4 Å². The number of nitrogens with zero attached hydrogens (tertiary/aromatic N) is 2. The van der Waals surface area contributed by atoms with Crippen LogP contribution < -0.4 is 4.90 Å². The number of anilines is 1. The lowest BCUT2D eigenvalue weighted by Gasteiger charge is -2.31. The lowest BCUT2D eigenvalue weighted by atomic mass is 10.0. The van der Waals surface area contributed by atoms with Crippen LogP contribution in [0, 0.1) is 6.92 Å². The van der Waals surface area contributed by atoms with E-state index in [0.717, 1.165) is 38.2 Å². The van der Waals surface area contributed by atoms with E-state index in [0.29, 0.717) is 0 Å². The van der Waals surface area contributed by atoms with Crippen molar-refractivity contribution in [1.82, 2.24) is 4.98 Å². The van der Waals surface area contributed by atoms with Gasteiger partial charge in [-0.1, -0.05) is 11.6 Å². The summed E-state index contributed by atoms with van der Waals surface area (Å²) < 4.78 is 5.52. The molecule has 0 radical (unpaired) electrons. The van der Waals surface area contributed by atoms with Crippen molar-refractivity contribution < 1.29 is 4.74 Å². The molecule has 0 saturated carbocycles. The highest BCUT2D eigenvalue weighted by Crippen LogP contribution is 2.37. The maximum atomic E-state index is 5.52. The average Bonchev–Trinajstić information content (AvgIpc) is 2.93. The highest BCUT2D eigenvalue weighted by Gasteiger charge is 2.24. The summed E-state index contributed by atoms with van der Waals surface area (Å²) in [6.07, 6.45) is 3.56. The van der Waals surface area contributed by atoms with Crippen LogP contribution in [0.1, 0.15) is 23.2 Å². The van der Waals surface area contributed by atoms with Gasteiger partial charge in [-0.15, -0.1) is 0 Å². The summed E-state index contributed by atoms with van der Waals surface area (Å²) in [6.45, 7) is 5.84. The predicted octanol–water partition coefficient (Wildman–Crippen LogP) is 2.87. The Labute approximate surface area is 119 Å². The zero-order valence-corrected chi connectivity index (χ0v) is 12.0. The number of benzene rings is 1. The first-order chi connectivity index (χ1) is 9.83. The minimum atomic E-state index is 0.838. The fourth-order valence-corrected chi connectivity index (χ4v) is 3.50. The highest BCUT2D eigenvalue weighted by atomic mass is 16.5. The molecule has 0 N–H and O–H groups in total. The van der Waals surface area contributed by atoms with E-state index in [2.05, 4.69) is 30.0 Å². The molecule has 20 heavy (non-hydrogen) atoms. The van der Waals surface area contributed by atoms with Gasteiger partial charge in [0.15, 0.2) is 0 Å². The Kier molecular flexibility index (Phi) is 2.88. The summed E-state index contributed by atoms with van der Waals surface area (Å²) in [6, 6.07) is 6.64. The molecule has 3 heteroatoms. The predicted molar refractivity (Wildman–Crippen MR) is 81.5 cm³/mol. The number of aryl methyl sites for hydroxylation is 2. The van der Waals surface area contributed by atoms with Gasteiger partial charge in [-0.3, -0.25) is 4.98 Å². The molecule has 1 saturated heterocycles. The molecule has 1 aliphatic carbocycles. The molecule has 1 aliphatic heterocycles. The number of aromatic nitrogens is 1. The number of hydrogen-bond acceptors (Lipinski definition) is 3. The van der Waals surface area contributed by atoms with Crippen LogP contribution >= 0.6 is 0 Å². The van der Waals surface area contributed by atoms with Gasteiger partial charge in [-0.05, 0) is 43.9 Å². The van der Waals surface area contributed by atoms with E-state index in [1.54, 1.807) is 0 Å². The van der Waals surface area contributed by atoms with Crippen molar-refractivity contribution in [2.24, 2.45) is 0 Å². The summed E-state index contributed by atoms with van der Waals surface area (Å²) in [5.74, 6) is 0. The molecule has 2 aliphatic rings. The van der Waals surface area contributed by atoms with E-state index in [1.165, 1.54) is 40.7 Å². The van der Waals surface area contributed by atoms with Gasteiger partial charge in [0.1, 0.15) is 0 Å². The van der Waals surface area contributed by atoms with Crippen LogP contribution in [0.25, 0.3) is 10.9 Å². The second-order valence-corrected chi connectivity index (χ2v) is 5.86. The number of hydrogen-bond donors (Lipinski definition) is 0. The molecule has 0 amide bonds. The van der Waals surface area contributed by atoms with Gasteiger partial charge < -0.3 is 9.64 Å². The number of fused-ring (bicyclic) bond motifs is 2. The SMILES string of the molecule is Cc1ccc2nc3c(c(N4CCOCC4)c2c1)CCC3. The molecule has 2 heterocycles. The number of morpholine rings is 1. The quantitative estimate of drug-likeness (QED) is 0.795. The molecular formula is C17H20N2O. The third-order valence-electron chi connectivity index (χ3n) is 4.46. The van der Waals surface area contributed by atoms with Gasteiger partial charge in [0.25, 0.3) is 0 Å². The van der Waals surface area contributed by atoms with Crippen LogP contribution in [0.15, 0.2) is 18.2 Å². The molecule has 1 fully saturated rings. The van der Waals surface area contributed by atoms with E-state index in [1.807, 2.05) is 0 Å². The van der Waals surface area contributed by atoms with Crippen LogP contribution in [0.5, 0.6) is 0 Å². The summed E-state index contributed by atoms with van der Waals surface area (Å²) in [5, 5.41) is 1.33. The van der Waals surface area contributed by atoms with Crippen molar-refractivity contribution in [2.75, 3.05) is 31.2 Å². The van der Waals surface area contributed by atoms with Crippen molar-refractivity contribution >= 4 is 16.6 Å². The number of ether oxygens (including phenoxy) is 1. The second kappa shape index (κ2) is 4.74. The molecule has 0 bridgehead atoms. The van der Waals surface area contributed by atoms with E-state index >= 15 is 0 Å². The zero-order chi connectivity index (χ0) is 13.5. The van der Waals surface area contributed by atoms with Gasteiger partial charge >= 0.3 is 0 Å². The van der Waals surface area contributed by atoms with Crippen molar-refractivity contribution in [2.45, 2.75) is 26.2 Å². The van der Waals surface area contributed by atoms with Crippen LogP contribution in [0.4, 0.5) is 5.69 Å². The lowest BCUT2D eigenvalue weighted by molar-refractivity contribution is 0.123. The molecule has 104 valence electrons. The first-order valence-corrected chi connectivity index (χ1v) is 7.58. The van der Waals surface area contributed by atoms with Crippen molar-refractivity contribution in [3.63, 3.8) is 0 Å². The zero-order valence-electron chi connectivity index (χ0n) is 12.0. The Morgan fingerprint density at radius 2 is 2.00 bits per heavy atom. The summed E-state index contributed by atoms with van der Waals surface area (Å²) in [7, 11) is 0. The lowest BCUT2D eigenvalue weighted by Crippen LogP contribution is -2.37. The second-order valence-electron chi connectivity index (χ2n) is 5.86. The molecule has 4 rings (SSSR count). The maximum Gasteiger partial charge on any atom is 0.0726 e. The van der Waals surface area contributed by atoms with E-state index in [4.69, 9.17) is 9.72 Å². The summed E-state index contributed by atoms with van der Waals surface area (Å²) >= 11 is 0. The monoisotopic (exact) mass is 268 g/mol. The third-order valence-corrected chi connectivity index (χ3v) is 4.46. The van der Waals surface area contributed by atoms with E-state index in [9.17, 15) is 0 Å². The fraction of sp³-hybridized carbons (Fsp3) is 0.471. The Balaban J connectivity index is 1.97. The van der Waals surface area contributed by atoms with Gasteiger partial charge in [-0.2, -0.15) is 0 Å². The molecule has 2 aromatic rings. The summed E-state index contributed by atoms with van der Waals surface area (Å²) in [4.78, 5) is 7.41. The first-order valence-electron chi connectivity index (χ1n) is 7.58. The highest BCUT2D eigenvalue weighted by molar-refractivity contribution is 5.94. The minimum Gasteiger partial charge on any atom is -0.378 e. The molecule has 0 unspecified atom stereocenters. The summed E-state index contributed by atoms with van der Waals surface area (Å²) in [5.41, 5.74) is 6.71. The van der Waals surface area contributed by atoms with E-state index < -0.39 is 0 Å². The van der Waals surface area contributed by atoms with Gasteiger partial charge in [0.05, 0.1) is 24.4 Å². The Morgan fingerprint density at radius 3 is 2.85 bits per heavy atom. The van der Waals surface area contributed by atoms with Gasteiger partial charge in [-0.25, -0.2) is 0 Å². The Hall–Kier alpha value is -1.61. The average molecular weight is 268 g/mol. The Bertz CT molecular complexity index is 660. The van der Waals surface area contributed by atoms with Crippen LogP contribution in [0.2, 0.25) is 0 Å². The molecule has 1 aromatic heterocycles. The first kappa shape index (κ1) is 12.2. The molecule has 1 aromatic carbocycles. The standard InChI is InChI=1S/C17H20N2O/c1-12-5-6-16-14(11-12)17(19-7-9-20-10-8-19)13-3-2-4-15(13)18-16/h5-6,11H,2-4,7-10H2,1H3. The molecule has 0 spiro atoms. The smallest absolute Gasteiger partial charge is 0.0726 e. The van der Waals surface area contributed by atoms with Gasteiger partial charge in [0, 0.05) is 24.2 Å². The molecular weight excluding hydrogens is 248 g/mol. The van der Waals surface area contributed by atoms with Crippen molar-refractivity contribution in [1.29, 1.82) is 0 Å².